The number of aromatic amines is 1. The largest absolute Gasteiger partial charge is 0.493 e. The third-order valence-electron chi connectivity index (χ3n) is 3.38. The fourth-order valence-corrected chi connectivity index (χ4v) is 2.65. The van der Waals surface area contributed by atoms with Crippen molar-refractivity contribution < 1.29 is 9.13 Å². The van der Waals surface area contributed by atoms with Gasteiger partial charge in [-0.1, -0.05) is 29.8 Å². The highest BCUT2D eigenvalue weighted by Crippen LogP contribution is 2.28. The molecule has 0 radical (unpaired) electrons. The summed E-state index contributed by atoms with van der Waals surface area (Å²) in [6.45, 7) is 2.41. The Hall–Kier alpha value is -2.51. The lowest BCUT2D eigenvalue weighted by Crippen LogP contribution is -1.99. The van der Waals surface area contributed by atoms with Gasteiger partial charge in [-0.3, -0.25) is 0 Å². The number of hydrogen-bond acceptors (Lipinski definition) is 4. The second-order valence-corrected chi connectivity index (χ2v) is 5.77. The molecule has 0 spiro atoms. The lowest BCUT2D eigenvalue weighted by molar-refractivity contribution is 0.341. The van der Waals surface area contributed by atoms with Gasteiger partial charge in [0.2, 0.25) is 4.77 Å². The highest BCUT2D eigenvalue weighted by Gasteiger charge is 2.13. The third kappa shape index (κ3) is 3.62. The quantitative estimate of drug-likeness (QED) is 0.519. The molecule has 5 nitrogen and oxygen atoms in total. The molecular weight excluding hydrogens is 363 g/mol. The summed E-state index contributed by atoms with van der Waals surface area (Å²) in [5.74, 6) is 0.639. The Bertz CT molecular complexity index is 963. The summed E-state index contributed by atoms with van der Waals surface area (Å²) in [6, 6.07) is 11.8. The summed E-state index contributed by atoms with van der Waals surface area (Å²) >= 11 is 11.2. The molecule has 3 aromatic rings. The Labute approximate surface area is 153 Å². The van der Waals surface area contributed by atoms with Crippen LogP contribution in [0.15, 0.2) is 47.6 Å². The van der Waals surface area contributed by atoms with Crippen LogP contribution >= 0.6 is 23.8 Å². The Kier molecular flexibility index (Phi) is 5.25. The van der Waals surface area contributed by atoms with E-state index < -0.39 is 5.82 Å². The number of para-hydroxylation sites is 1. The van der Waals surface area contributed by atoms with E-state index in [1.165, 1.54) is 23.0 Å². The molecule has 3 rings (SSSR count). The van der Waals surface area contributed by atoms with Gasteiger partial charge in [0.1, 0.15) is 11.6 Å². The van der Waals surface area contributed by atoms with E-state index in [0.29, 0.717) is 23.7 Å². The summed E-state index contributed by atoms with van der Waals surface area (Å²) in [5.41, 5.74) is 0.893. The molecular formula is C17H14ClFN4OS. The van der Waals surface area contributed by atoms with Crippen LogP contribution < -0.4 is 4.74 Å². The molecule has 0 unspecified atom stereocenters. The molecule has 1 heterocycles. The number of ether oxygens (including phenoxy) is 1. The lowest BCUT2D eigenvalue weighted by atomic mass is 10.2. The molecule has 0 saturated heterocycles. The van der Waals surface area contributed by atoms with E-state index in [4.69, 9.17) is 28.6 Å². The van der Waals surface area contributed by atoms with Gasteiger partial charge < -0.3 is 4.74 Å². The molecule has 0 atom stereocenters. The molecule has 1 aromatic heterocycles. The van der Waals surface area contributed by atoms with E-state index in [1.807, 2.05) is 31.2 Å². The molecule has 0 saturated carbocycles. The van der Waals surface area contributed by atoms with Crippen LogP contribution in [0.1, 0.15) is 12.5 Å². The van der Waals surface area contributed by atoms with Gasteiger partial charge in [0.15, 0.2) is 5.82 Å². The molecule has 0 aliphatic heterocycles. The third-order valence-corrected chi connectivity index (χ3v) is 3.97. The number of H-pyrrole nitrogens is 1. The fourth-order valence-electron chi connectivity index (χ4n) is 2.26. The molecule has 0 fully saturated rings. The van der Waals surface area contributed by atoms with Gasteiger partial charge in [-0.15, -0.1) is 0 Å². The van der Waals surface area contributed by atoms with Crippen molar-refractivity contribution in [3.8, 4) is 17.1 Å². The normalized spacial score (nSPS) is 11.2. The van der Waals surface area contributed by atoms with Crippen LogP contribution in [0.25, 0.3) is 11.4 Å². The number of hydrogen-bond donors (Lipinski definition) is 1. The smallest absolute Gasteiger partial charge is 0.216 e. The van der Waals surface area contributed by atoms with E-state index in [2.05, 4.69) is 15.3 Å². The van der Waals surface area contributed by atoms with Crippen LogP contribution in [-0.4, -0.2) is 27.7 Å². The molecule has 0 bridgehead atoms. The van der Waals surface area contributed by atoms with Crippen LogP contribution in [-0.2, 0) is 0 Å². The van der Waals surface area contributed by atoms with Crippen LogP contribution in [0.2, 0.25) is 5.02 Å². The molecule has 1 N–H and O–H groups in total. The zero-order chi connectivity index (χ0) is 17.8. The van der Waals surface area contributed by atoms with Gasteiger partial charge in [0.25, 0.3) is 0 Å². The van der Waals surface area contributed by atoms with Crippen molar-refractivity contribution in [3.05, 3.63) is 63.6 Å². The van der Waals surface area contributed by atoms with Crippen molar-refractivity contribution in [2.24, 2.45) is 5.10 Å². The highest BCUT2D eigenvalue weighted by atomic mass is 35.5. The number of aromatic nitrogens is 3. The fraction of sp³-hybridized carbons (Fsp3) is 0.118. The summed E-state index contributed by atoms with van der Waals surface area (Å²) in [5, 5.41) is 11.4. The van der Waals surface area contributed by atoms with E-state index in [1.54, 1.807) is 6.07 Å². The number of halogens is 2. The second-order valence-electron chi connectivity index (χ2n) is 4.97. The monoisotopic (exact) mass is 376 g/mol. The summed E-state index contributed by atoms with van der Waals surface area (Å²) in [7, 11) is 0. The minimum atomic E-state index is -0.470. The average molecular weight is 377 g/mol. The lowest BCUT2D eigenvalue weighted by Gasteiger charge is -2.08. The van der Waals surface area contributed by atoms with Gasteiger partial charge >= 0.3 is 0 Å². The van der Waals surface area contributed by atoms with Gasteiger partial charge in [-0.25, -0.2) is 9.49 Å². The van der Waals surface area contributed by atoms with Gasteiger partial charge in [-0.2, -0.15) is 14.9 Å². The molecule has 0 aliphatic rings. The first-order chi connectivity index (χ1) is 12.1. The number of nitrogens with one attached hydrogen (secondary N) is 1. The standard InChI is InChI=1S/C17H14ClFN4OS/c1-2-24-15-9-4-3-6-11(15)16-21-22-17(25)23(16)20-10-12-13(18)7-5-8-14(12)19/h3-10H,2H2,1H3,(H,22,25). The molecule has 0 amide bonds. The van der Waals surface area contributed by atoms with Crippen molar-refractivity contribution >= 4 is 30.0 Å². The van der Waals surface area contributed by atoms with E-state index >= 15 is 0 Å². The van der Waals surface area contributed by atoms with Crippen LogP contribution in [0.4, 0.5) is 4.39 Å². The van der Waals surface area contributed by atoms with Crippen molar-refractivity contribution in [3.63, 3.8) is 0 Å². The Morgan fingerprint density at radius 3 is 2.88 bits per heavy atom. The van der Waals surface area contributed by atoms with E-state index in [0.717, 1.165) is 0 Å². The summed E-state index contributed by atoms with van der Waals surface area (Å²) < 4.78 is 21.2. The Morgan fingerprint density at radius 1 is 1.32 bits per heavy atom. The first kappa shape index (κ1) is 17.3. The maximum absolute atomic E-state index is 13.9. The van der Waals surface area contributed by atoms with Crippen molar-refractivity contribution in [2.45, 2.75) is 6.92 Å². The first-order valence-electron chi connectivity index (χ1n) is 7.49. The summed E-state index contributed by atoms with van der Waals surface area (Å²) in [4.78, 5) is 0. The maximum atomic E-state index is 13.9. The first-order valence-corrected chi connectivity index (χ1v) is 8.28. The molecule has 2 aromatic carbocycles. The molecule has 8 heteroatoms. The van der Waals surface area contributed by atoms with Gasteiger partial charge in [0.05, 0.1) is 23.4 Å². The second kappa shape index (κ2) is 7.58. The average Bonchev–Trinajstić information content (AvgIpc) is 2.96. The molecule has 25 heavy (non-hydrogen) atoms. The maximum Gasteiger partial charge on any atom is 0.216 e. The van der Waals surface area contributed by atoms with Crippen LogP contribution in [0.3, 0.4) is 0 Å². The Balaban J connectivity index is 2.07. The van der Waals surface area contributed by atoms with Crippen LogP contribution in [0, 0.1) is 10.6 Å². The predicted molar refractivity (Wildman–Crippen MR) is 98.4 cm³/mol. The number of nitrogens with zero attached hydrogens (tertiary/aromatic N) is 3. The number of rotatable bonds is 5. The zero-order valence-corrected chi connectivity index (χ0v) is 14.8. The summed E-state index contributed by atoms with van der Waals surface area (Å²) in [6.07, 6.45) is 1.32. The van der Waals surface area contributed by atoms with Crippen molar-refractivity contribution in [1.29, 1.82) is 0 Å². The molecule has 128 valence electrons. The van der Waals surface area contributed by atoms with Gasteiger partial charge in [0, 0.05) is 5.56 Å². The van der Waals surface area contributed by atoms with Crippen molar-refractivity contribution in [1.82, 2.24) is 14.9 Å². The minimum absolute atomic E-state index is 0.177. The predicted octanol–water partition coefficient (Wildman–Crippen LogP) is 4.68. The molecule has 0 aliphatic carbocycles. The zero-order valence-electron chi connectivity index (χ0n) is 13.2. The van der Waals surface area contributed by atoms with Crippen molar-refractivity contribution in [2.75, 3.05) is 6.61 Å². The highest BCUT2D eigenvalue weighted by molar-refractivity contribution is 7.71. The minimum Gasteiger partial charge on any atom is -0.493 e. The van der Waals surface area contributed by atoms with E-state index in [9.17, 15) is 4.39 Å². The Morgan fingerprint density at radius 2 is 2.12 bits per heavy atom. The van der Waals surface area contributed by atoms with E-state index in [-0.39, 0.29) is 15.4 Å². The number of benzene rings is 2. The van der Waals surface area contributed by atoms with Crippen LogP contribution in [0.5, 0.6) is 5.75 Å². The SMILES string of the molecule is CCOc1ccccc1-c1n[nH]c(=S)n1N=Cc1c(F)cccc1Cl. The topological polar surface area (TPSA) is 55.2 Å². The van der Waals surface area contributed by atoms with Gasteiger partial charge in [-0.05, 0) is 43.4 Å².